The smallest absolute Gasteiger partial charge is 0.395 e. The van der Waals surface area contributed by atoms with E-state index in [2.05, 4.69) is 0 Å². The van der Waals surface area contributed by atoms with Crippen molar-refractivity contribution in [2.75, 3.05) is 39.3 Å². The van der Waals surface area contributed by atoms with Gasteiger partial charge in [0.15, 0.2) is 0 Å². The number of carbonyl (C=O) groups excluding carboxylic acids is 1. The van der Waals surface area contributed by atoms with Gasteiger partial charge in [0.1, 0.15) is 5.82 Å². The van der Waals surface area contributed by atoms with Gasteiger partial charge in [0.2, 0.25) is 0 Å². The molecule has 0 saturated carbocycles. The van der Waals surface area contributed by atoms with Crippen molar-refractivity contribution < 1.29 is 27.5 Å². The number of amides is 1. The van der Waals surface area contributed by atoms with E-state index < -0.39 is 29.0 Å². The Labute approximate surface area is 124 Å². The largest absolute Gasteiger partial charge is 0.417 e. The van der Waals surface area contributed by atoms with Crippen molar-refractivity contribution in [3.63, 3.8) is 0 Å². The lowest BCUT2D eigenvalue weighted by atomic mass is 10.0. The number of alkyl halides is 3. The van der Waals surface area contributed by atoms with Gasteiger partial charge in [0.25, 0.3) is 5.91 Å². The van der Waals surface area contributed by atoms with Crippen molar-refractivity contribution in [3.05, 3.63) is 35.1 Å². The van der Waals surface area contributed by atoms with Crippen LogP contribution in [0, 0.1) is 5.82 Å². The summed E-state index contributed by atoms with van der Waals surface area (Å²) >= 11 is 0. The normalized spacial score (nSPS) is 16.9. The highest BCUT2D eigenvalue weighted by molar-refractivity contribution is 5.96. The minimum atomic E-state index is -4.79. The Morgan fingerprint density at radius 1 is 1.18 bits per heavy atom. The lowest BCUT2D eigenvalue weighted by Gasteiger charge is -2.34. The molecule has 1 N–H and O–H groups in total. The number of rotatable bonds is 3. The number of hydrogen-bond donors (Lipinski definition) is 1. The van der Waals surface area contributed by atoms with Crippen LogP contribution in [0.15, 0.2) is 18.2 Å². The highest BCUT2D eigenvalue weighted by atomic mass is 19.4. The van der Waals surface area contributed by atoms with Gasteiger partial charge in [-0.3, -0.25) is 9.69 Å². The minimum Gasteiger partial charge on any atom is -0.395 e. The fourth-order valence-electron chi connectivity index (χ4n) is 2.42. The third kappa shape index (κ3) is 3.75. The Morgan fingerprint density at radius 2 is 1.82 bits per heavy atom. The molecule has 0 unspecified atom stereocenters. The molecule has 2 rings (SSSR count). The number of aliphatic hydroxyl groups excluding tert-OH is 1. The highest BCUT2D eigenvalue weighted by Crippen LogP contribution is 2.33. The summed E-state index contributed by atoms with van der Waals surface area (Å²) < 4.78 is 51.9. The Hall–Kier alpha value is -1.67. The fraction of sp³-hybridized carbons (Fsp3) is 0.500. The summed E-state index contributed by atoms with van der Waals surface area (Å²) in [6, 6.07) is 2.07. The molecule has 0 aromatic heterocycles. The van der Waals surface area contributed by atoms with Crippen LogP contribution in [0.3, 0.4) is 0 Å². The SMILES string of the molecule is O=C(c1ccc(F)cc1C(F)(F)F)N1CCN(CCO)CC1. The molecular formula is C14H16F4N2O2. The molecule has 8 heteroatoms. The van der Waals surface area contributed by atoms with Crippen LogP contribution in [-0.2, 0) is 6.18 Å². The van der Waals surface area contributed by atoms with E-state index in [9.17, 15) is 22.4 Å². The van der Waals surface area contributed by atoms with Gasteiger partial charge in [-0.25, -0.2) is 4.39 Å². The van der Waals surface area contributed by atoms with Crippen molar-refractivity contribution in [1.29, 1.82) is 0 Å². The van der Waals surface area contributed by atoms with E-state index in [0.717, 1.165) is 12.1 Å². The van der Waals surface area contributed by atoms with Crippen LogP contribution in [0.4, 0.5) is 17.6 Å². The predicted molar refractivity (Wildman–Crippen MR) is 70.8 cm³/mol. The molecule has 1 aromatic carbocycles. The van der Waals surface area contributed by atoms with Crippen LogP contribution >= 0.6 is 0 Å². The molecule has 0 atom stereocenters. The number of halogens is 4. The van der Waals surface area contributed by atoms with Crippen LogP contribution < -0.4 is 0 Å². The lowest BCUT2D eigenvalue weighted by Crippen LogP contribution is -2.49. The first-order chi connectivity index (χ1) is 10.3. The summed E-state index contributed by atoms with van der Waals surface area (Å²) in [4.78, 5) is 15.5. The molecule has 1 aromatic rings. The topological polar surface area (TPSA) is 43.8 Å². The standard InChI is InChI=1S/C14H16F4N2O2/c15-10-1-2-11(12(9-10)14(16,17)18)13(22)20-5-3-19(4-6-20)7-8-21/h1-2,9,21H,3-8H2. The molecule has 1 amide bonds. The second-order valence-electron chi connectivity index (χ2n) is 5.05. The third-order valence-electron chi connectivity index (χ3n) is 3.59. The third-order valence-corrected chi connectivity index (χ3v) is 3.59. The number of β-amino-alcohol motifs (C(OH)–C–C–N with tert-alkyl or cyclic N) is 1. The molecule has 22 heavy (non-hydrogen) atoms. The molecule has 0 radical (unpaired) electrons. The molecule has 1 heterocycles. The number of nitrogens with zero attached hydrogens (tertiary/aromatic N) is 2. The molecule has 4 nitrogen and oxygen atoms in total. The maximum absolute atomic E-state index is 13.1. The zero-order valence-corrected chi connectivity index (χ0v) is 11.7. The summed E-state index contributed by atoms with van der Waals surface area (Å²) in [6.07, 6.45) is -4.79. The molecular weight excluding hydrogens is 304 g/mol. The highest BCUT2D eigenvalue weighted by Gasteiger charge is 2.37. The Bertz CT molecular complexity index is 540. The van der Waals surface area contributed by atoms with Gasteiger partial charge in [0.05, 0.1) is 17.7 Å². The second kappa shape index (κ2) is 6.62. The van der Waals surface area contributed by atoms with Crippen molar-refractivity contribution in [2.24, 2.45) is 0 Å². The van der Waals surface area contributed by atoms with Gasteiger partial charge < -0.3 is 10.0 Å². The van der Waals surface area contributed by atoms with Gasteiger partial charge in [-0.15, -0.1) is 0 Å². The summed E-state index contributed by atoms with van der Waals surface area (Å²) in [6.45, 7) is 1.96. The van der Waals surface area contributed by atoms with Crippen molar-refractivity contribution >= 4 is 5.91 Å². The second-order valence-corrected chi connectivity index (χ2v) is 5.05. The molecule has 0 aliphatic carbocycles. The summed E-state index contributed by atoms with van der Waals surface area (Å²) in [5.41, 5.74) is -1.79. The van der Waals surface area contributed by atoms with Gasteiger partial charge in [0, 0.05) is 32.7 Å². The van der Waals surface area contributed by atoms with Crippen LogP contribution in [-0.4, -0.2) is 60.1 Å². The first kappa shape index (κ1) is 16.7. The van der Waals surface area contributed by atoms with E-state index in [1.165, 1.54) is 4.90 Å². The van der Waals surface area contributed by atoms with Crippen LogP contribution in [0.1, 0.15) is 15.9 Å². The number of hydrogen-bond acceptors (Lipinski definition) is 3. The van der Waals surface area contributed by atoms with Gasteiger partial charge in [-0.2, -0.15) is 13.2 Å². The Balaban J connectivity index is 2.17. The van der Waals surface area contributed by atoms with Crippen LogP contribution in [0.25, 0.3) is 0 Å². The maximum atomic E-state index is 13.1. The summed E-state index contributed by atoms with van der Waals surface area (Å²) in [5, 5.41) is 8.84. The first-order valence-corrected chi connectivity index (χ1v) is 6.82. The van der Waals surface area contributed by atoms with E-state index in [1.54, 1.807) is 0 Å². The average molecular weight is 320 g/mol. The zero-order chi connectivity index (χ0) is 16.3. The number of carbonyl (C=O) groups is 1. The molecule has 0 bridgehead atoms. The average Bonchev–Trinajstić information content (AvgIpc) is 2.47. The Morgan fingerprint density at radius 3 is 2.36 bits per heavy atom. The van der Waals surface area contributed by atoms with Gasteiger partial charge in [-0.1, -0.05) is 0 Å². The van der Waals surface area contributed by atoms with E-state index in [1.807, 2.05) is 4.90 Å². The van der Waals surface area contributed by atoms with Crippen LogP contribution in [0.5, 0.6) is 0 Å². The molecule has 1 aliphatic rings. The van der Waals surface area contributed by atoms with Gasteiger partial charge in [-0.05, 0) is 18.2 Å². The predicted octanol–water partition coefficient (Wildman–Crippen LogP) is 1.59. The number of benzene rings is 1. The number of aliphatic hydroxyl groups is 1. The van der Waals surface area contributed by atoms with Crippen molar-refractivity contribution in [3.8, 4) is 0 Å². The molecule has 0 spiro atoms. The molecule has 1 saturated heterocycles. The minimum absolute atomic E-state index is 0.00979. The van der Waals surface area contributed by atoms with E-state index in [-0.39, 0.29) is 19.7 Å². The van der Waals surface area contributed by atoms with Crippen molar-refractivity contribution in [2.45, 2.75) is 6.18 Å². The summed E-state index contributed by atoms with van der Waals surface area (Å²) in [5.74, 6) is -1.78. The van der Waals surface area contributed by atoms with Crippen LogP contribution in [0.2, 0.25) is 0 Å². The maximum Gasteiger partial charge on any atom is 0.417 e. The number of piperazine rings is 1. The molecule has 1 fully saturated rings. The molecule has 122 valence electrons. The van der Waals surface area contributed by atoms with E-state index in [0.29, 0.717) is 25.7 Å². The van der Waals surface area contributed by atoms with Gasteiger partial charge >= 0.3 is 6.18 Å². The van der Waals surface area contributed by atoms with Crippen molar-refractivity contribution in [1.82, 2.24) is 9.80 Å². The Kier molecular flexibility index (Phi) is 5.02. The first-order valence-electron chi connectivity index (χ1n) is 6.82. The zero-order valence-electron chi connectivity index (χ0n) is 11.7. The molecule has 1 aliphatic heterocycles. The monoisotopic (exact) mass is 320 g/mol. The summed E-state index contributed by atoms with van der Waals surface area (Å²) in [7, 11) is 0. The fourth-order valence-corrected chi connectivity index (χ4v) is 2.42. The van der Waals surface area contributed by atoms with E-state index >= 15 is 0 Å². The quantitative estimate of drug-likeness (QED) is 0.860. The lowest BCUT2D eigenvalue weighted by molar-refractivity contribution is -0.138. The van der Waals surface area contributed by atoms with E-state index in [4.69, 9.17) is 5.11 Å².